The minimum atomic E-state index is -0.446. The molecule has 0 saturated heterocycles. The predicted molar refractivity (Wildman–Crippen MR) is 106 cm³/mol. The molecule has 2 N–H and O–H groups in total. The van der Waals surface area contributed by atoms with Crippen molar-refractivity contribution < 1.29 is 19.1 Å². The fourth-order valence-corrected chi connectivity index (χ4v) is 2.69. The second-order valence-corrected chi connectivity index (χ2v) is 6.42. The van der Waals surface area contributed by atoms with Crippen molar-refractivity contribution in [3.63, 3.8) is 0 Å². The molecule has 0 aliphatic rings. The Morgan fingerprint density at radius 3 is 2.41 bits per heavy atom. The molecule has 2 aromatic rings. The highest BCUT2D eigenvalue weighted by Gasteiger charge is 2.09. The number of carbonyl (C=O) groups excluding carboxylic acids is 2. The van der Waals surface area contributed by atoms with E-state index in [0.717, 1.165) is 10.0 Å². The largest absolute Gasteiger partial charge is 0.496 e. The van der Waals surface area contributed by atoms with E-state index in [1.807, 2.05) is 19.1 Å². The number of benzene rings is 2. The smallest absolute Gasteiger partial charge is 0.259 e. The fourth-order valence-electron chi connectivity index (χ4n) is 2.17. The molecule has 2 aromatic carbocycles. The molecule has 0 heterocycles. The molecule has 0 aromatic heterocycles. The maximum atomic E-state index is 12.0. The van der Waals surface area contributed by atoms with E-state index in [0.29, 0.717) is 22.6 Å². The molecule has 0 spiro atoms. The van der Waals surface area contributed by atoms with Crippen LogP contribution < -0.4 is 20.2 Å². The molecular weight excluding hydrogens is 414 g/mol. The average molecular weight is 434 g/mol. The van der Waals surface area contributed by atoms with Crippen LogP contribution in [0.1, 0.15) is 21.5 Å². The second-order valence-electron chi connectivity index (χ2n) is 5.57. The Balaban J connectivity index is 1.90. The van der Waals surface area contributed by atoms with Gasteiger partial charge in [0.25, 0.3) is 11.8 Å². The number of nitrogens with one attached hydrogen (secondary N) is 2. The average Bonchev–Trinajstić information content (AvgIpc) is 2.67. The number of hydrazone groups is 1. The standard InChI is InChI=1S/C19H20BrN3O4/c1-12-4-6-13(7-5-12)19(25)21-11-18(24)23-22-10-14-8-15(20)17(27-3)9-16(14)26-2/h4-10H,11H2,1-3H3,(H,21,25)(H,23,24)/b22-10+. The van der Waals surface area contributed by atoms with Gasteiger partial charge in [0.1, 0.15) is 11.5 Å². The van der Waals surface area contributed by atoms with Crippen LogP contribution in [0.25, 0.3) is 0 Å². The number of methoxy groups -OCH3 is 2. The lowest BCUT2D eigenvalue weighted by Crippen LogP contribution is -2.34. The normalized spacial score (nSPS) is 10.5. The van der Waals surface area contributed by atoms with Gasteiger partial charge in [-0.15, -0.1) is 0 Å². The molecule has 7 nitrogen and oxygen atoms in total. The first-order valence-electron chi connectivity index (χ1n) is 8.03. The van der Waals surface area contributed by atoms with Crippen LogP contribution in [0.3, 0.4) is 0 Å². The Morgan fingerprint density at radius 1 is 1.11 bits per heavy atom. The predicted octanol–water partition coefficient (Wildman–Crippen LogP) is 2.65. The van der Waals surface area contributed by atoms with E-state index in [1.54, 1.807) is 31.4 Å². The van der Waals surface area contributed by atoms with E-state index in [4.69, 9.17) is 9.47 Å². The Kier molecular flexibility index (Phi) is 7.36. The number of nitrogens with zero attached hydrogens (tertiary/aromatic N) is 1. The summed E-state index contributed by atoms with van der Waals surface area (Å²) in [6.45, 7) is 1.75. The molecule has 0 fully saturated rings. The van der Waals surface area contributed by atoms with E-state index >= 15 is 0 Å². The highest BCUT2D eigenvalue weighted by atomic mass is 79.9. The number of hydrogen-bond acceptors (Lipinski definition) is 5. The third-order valence-corrected chi connectivity index (χ3v) is 4.24. The van der Waals surface area contributed by atoms with Gasteiger partial charge in [0.2, 0.25) is 0 Å². The lowest BCUT2D eigenvalue weighted by Gasteiger charge is -2.09. The third-order valence-electron chi connectivity index (χ3n) is 3.62. The van der Waals surface area contributed by atoms with Gasteiger partial charge in [-0.2, -0.15) is 5.10 Å². The summed E-state index contributed by atoms with van der Waals surface area (Å²) in [5.41, 5.74) is 4.55. The number of halogens is 1. The van der Waals surface area contributed by atoms with Gasteiger partial charge >= 0.3 is 0 Å². The van der Waals surface area contributed by atoms with Gasteiger partial charge in [-0.25, -0.2) is 5.43 Å². The summed E-state index contributed by atoms with van der Waals surface area (Å²) in [5, 5.41) is 6.43. The molecular formula is C19H20BrN3O4. The van der Waals surface area contributed by atoms with Gasteiger partial charge < -0.3 is 14.8 Å². The van der Waals surface area contributed by atoms with Crippen molar-refractivity contribution in [1.29, 1.82) is 0 Å². The molecule has 0 aliphatic carbocycles. The van der Waals surface area contributed by atoms with E-state index in [-0.39, 0.29) is 12.5 Å². The lowest BCUT2D eigenvalue weighted by atomic mass is 10.1. The first kappa shape index (κ1) is 20.4. The molecule has 8 heteroatoms. The summed E-state index contributed by atoms with van der Waals surface area (Å²) in [6, 6.07) is 10.5. The van der Waals surface area contributed by atoms with Crippen LogP contribution >= 0.6 is 15.9 Å². The van der Waals surface area contributed by atoms with Crippen molar-refractivity contribution in [3.05, 3.63) is 57.6 Å². The number of aryl methyl sites for hydroxylation is 1. The number of hydrogen-bond donors (Lipinski definition) is 2. The third kappa shape index (κ3) is 5.82. The monoisotopic (exact) mass is 433 g/mol. The molecule has 0 atom stereocenters. The summed E-state index contributed by atoms with van der Waals surface area (Å²) in [4.78, 5) is 23.8. The first-order chi connectivity index (χ1) is 12.9. The molecule has 0 aliphatic heterocycles. The number of amides is 2. The van der Waals surface area contributed by atoms with Crippen molar-refractivity contribution in [3.8, 4) is 11.5 Å². The van der Waals surface area contributed by atoms with Crippen LogP contribution in [0.5, 0.6) is 11.5 Å². The van der Waals surface area contributed by atoms with Crippen molar-refractivity contribution in [2.75, 3.05) is 20.8 Å². The van der Waals surface area contributed by atoms with Gasteiger partial charge in [-0.05, 0) is 41.1 Å². The molecule has 27 heavy (non-hydrogen) atoms. The quantitative estimate of drug-likeness (QED) is 0.518. The van der Waals surface area contributed by atoms with Crippen molar-refractivity contribution in [2.45, 2.75) is 6.92 Å². The van der Waals surface area contributed by atoms with Crippen LogP contribution in [0, 0.1) is 6.92 Å². The van der Waals surface area contributed by atoms with Gasteiger partial charge in [0.15, 0.2) is 0 Å². The Labute approximate surface area is 165 Å². The Morgan fingerprint density at radius 2 is 1.78 bits per heavy atom. The molecule has 0 radical (unpaired) electrons. The van der Waals surface area contributed by atoms with Crippen LogP contribution in [-0.4, -0.2) is 38.8 Å². The molecule has 0 bridgehead atoms. The Hall–Kier alpha value is -2.87. The van der Waals surface area contributed by atoms with Crippen molar-refractivity contribution in [1.82, 2.24) is 10.7 Å². The highest BCUT2D eigenvalue weighted by Crippen LogP contribution is 2.31. The number of rotatable bonds is 7. The van der Waals surface area contributed by atoms with Gasteiger partial charge in [0, 0.05) is 17.2 Å². The van der Waals surface area contributed by atoms with Gasteiger partial charge in [-0.1, -0.05) is 17.7 Å². The zero-order valence-corrected chi connectivity index (χ0v) is 16.8. The van der Waals surface area contributed by atoms with Crippen molar-refractivity contribution in [2.24, 2.45) is 5.10 Å². The summed E-state index contributed by atoms with van der Waals surface area (Å²) < 4.78 is 11.2. The van der Waals surface area contributed by atoms with Crippen LogP contribution in [0.15, 0.2) is 46.0 Å². The summed E-state index contributed by atoms with van der Waals surface area (Å²) in [6.07, 6.45) is 1.45. The molecule has 2 amide bonds. The summed E-state index contributed by atoms with van der Waals surface area (Å²) in [5.74, 6) is 0.390. The maximum Gasteiger partial charge on any atom is 0.259 e. The number of carbonyl (C=O) groups is 2. The summed E-state index contributed by atoms with van der Waals surface area (Å²) in [7, 11) is 3.08. The number of ether oxygens (including phenoxy) is 2. The maximum absolute atomic E-state index is 12.0. The Bertz CT molecular complexity index is 851. The highest BCUT2D eigenvalue weighted by molar-refractivity contribution is 9.10. The van der Waals surface area contributed by atoms with Crippen LogP contribution in [0.2, 0.25) is 0 Å². The fraction of sp³-hybridized carbons (Fsp3) is 0.211. The lowest BCUT2D eigenvalue weighted by molar-refractivity contribution is -0.120. The van der Waals surface area contributed by atoms with Crippen LogP contribution in [0.4, 0.5) is 0 Å². The molecule has 0 saturated carbocycles. The topological polar surface area (TPSA) is 89.0 Å². The molecule has 2 rings (SSSR count). The van der Waals surface area contributed by atoms with E-state index in [1.165, 1.54) is 13.3 Å². The summed E-state index contributed by atoms with van der Waals surface area (Å²) >= 11 is 3.38. The second kappa shape index (κ2) is 9.72. The zero-order valence-electron chi connectivity index (χ0n) is 15.2. The molecule has 0 unspecified atom stereocenters. The minimum absolute atomic E-state index is 0.187. The first-order valence-corrected chi connectivity index (χ1v) is 8.82. The minimum Gasteiger partial charge on any atom is -0.496 e. The van der Waals surface area contributed by atoms with Crippen molar-refractivity contribution >= 4 is 34.0 Å². The van der Waals surface area contributed by atoms with Crippen LogP contribution in [-0.2, 0) is 4.79 Å². The van der Waals surface area contributed by atoms with E-state index in [9.17, 15) is 9.59 Å². The SMILES string of the molecule is COc1cc(OC)c(/C=N/NC(=O)CNC(=O)c2ccc(C)cc2)cc1Br. The molecule has 142 valence electrons. The van der Waals surface area contributed by atoms with E-state index in [2.05, 4.69) is 31.8 Å². The zero-order chi connectivity index (χ0) is 19.8. The van der Waals surface area contributed by atoms with Gasteiger partial charge in [0.05, 0.1) is 31.5 Å². The van der Waals surface area contributed by atoms with E-state index < -0.39 is 5.91 Å². The van der Waals surface area contributed by atoms with Gasteiger partial charge in [-0.3, -0.25) is 9.59 Å².